The van der Waals surface area contributed by atoms with Gasteiger partial charge in [0.25, 0.3) is 0 Å². The molecule has 5 nitrogen and oxygen atoms in total. The molecule has 1 fully saturated rings. The number of halogens is 2. The number of rotatable bonds is 5. The number of hydrogen-bond acceptors (Lipinski definition) is 3. The zero-order valence-corrected chi connectivity index (χ0v) is 13.9. The van der Waals surface area contributed by atoms with Crippen LogP contribution in [0.1, 0.15) is 31.1 Å². The first kappa shape index (κ1) is 17.4. The van der Waals surface area contributed by atoms with Crippen LogP contribution in [0.3, 0.4) is 0 Å². The van der Waals surface area contributed by atoms with Crippen LogP contribution in [-0.4, -0.2) is 30.5 Å². The van der Waals surface area contributed by atoms with Gasteiger partial charge in [0.05, 0.1) is 24.5 Å². The van der Waals surface area contributed by atoms with E-state index >= 15 is 0 Å². The fourth-order valence-corrected chi connectivity index (χ4v) is 3.05. The lowest BCUT2D eigenvalue weighted by Gasteiger charge is -2.32. The number of piperidine rings is 1. The molecular formula is C18H22F2N4O. The van der Waals surface area contributed by atoms with Gasteiger partial charge in [0.1, 0.15) is 17.4 Å². The van der Waals surface area contributed by atoms with Crippen molar-refractivity contribution in [1.82, 2.24) is 4.90 Å². The monoisotopic (exact) mass is 348 g/mol. The van der Waals surface area contributed by atoms with Crippen LogP contribution in [0, 0.1) is 11.6 Å². The number of nitrogens with one attached hydrogen (secondary N) is 1. The van der Waals surface area contributed by atoms with E-state index < -0.39 is 11.6 Å². The van der Waals surface area contributed by atoms with Gasteiger partial charge in [0.2, 0.25) is 0 Å². The number of furan rings is 1. The van der Waals surface area contributed by atoms with Crippen LogP contribution >= 0.6 is 0 Å². The predicted molar refractivity (Wildman–Crippen MR) is 93.3 cm³/mol. The molecule has 0 bridgehead atoms. The highest BCUT2D eigenvalue weighted by molar-refractivity contribution is 5.92. The minimum Gasteiger partial charge on any atom is -0.468 e. The van der Waals surface area contributed by atoms with E-state index in [1.54, 1.807) is 6.26 Å². The van der Waals surface area contributed by atoms with Crippen molar-refractivity contribution in [2.24, 2.45) is 10.7 Å². The van der Waals surface area contributed by atoms with E-state index in [0.717, 1.165) is 49.9 Å². The smallest absolute Gasteiger partial charge is 0.193 e. The van der Waals surface area contributed by atoms with Gasteiger partial charge in [-0.15, -0.1) is 0 Å². The van der Waals surface area contributed by atoms with Gasteiger partial charge in [-0.3, -0.25) is 9.89 Å². The maximum atomic E-state index is 13.7. The standard InChI is InChI=1S/C18H22F2N4O/c19-13-6-7-14(20)15(11-13)23-18(21)22-12-16(17-5-4-10-25-17)24-8-2-1-3-9-24/h4-7,10-11,16H,1-3,8-9,12H2,(H3,21,22,23). The molecule has 25 heavy (non-hydrogen) atoms. The summed E-state index contributed by atoms with van der Waals surface area (Å²) in [6, 6.07) is 6.89. The Morgan fingerprint density at radius 3 is 2.76 bits per heavy atom. The van der Waals surface area contributed by atoms with Crippen LogP contribution in [0.2, 0.25) is 0 Å². The van der Waals surface area contributed by atoms with E-state index in [-0.39, 0.29) is 17.7 Å². The molecule has 0 saturated carbocycles. The third-order valence-electron chi connectivity index (χ3n) is 4.33. The second-order valence-corrected chi connectivity index (χ2v) is 6.10. The van der Waals surface area contributed by atoms with Gasteiger partial charge in [-0.1, -0.05) is 6.42 Å². The second kappa shape index (κ2) is 8.11. The van der Waals surface area contributed by atoms with Crippen molar-refractivity contribution in [2.75, 3.05) is 25.0 Å². The first-order valence-electron chi connectivity index (χ1n) is 8.43. The van der Waals surface area contributed by atoms with E-state index in [2.05, 4.69) is 15.2 Å². The molecule has 1 unspecified atom stereocenters. The lowest BCUT2D eigenvalue weighted by atomic mass is 10.1. The molecule has 2 heterocycles. The predicted octanol–water partition coefficient (Wildman–Crippen LogP) is 3.51. The van der Waals surface area contributed by atoms with Crippen molar-refractivity contribution >= 4 is 11.6 Å². The molecule has 0 aliphatic carbocycles. The van der Waals surface area contributed by atoms with Crippen molar-refractivity contribution in [3.63, 3.8) is 0 Å². The Morgan fingerprint density at radius 1 is 1.24 bits per heavy atom. The molecule has 0 radical (unpaired) electrons. The fraction of sp³-hybridized carbons (Fsp3) is 0.389. The van der Waals surface area contributed by atoms with Crippen LogP contribution in [-0.2, 0) is 0 Å². The molecule has 1 atom stereocenters. The zero-order chi connectivity index (χ0) is 17.6. The molecule has 1 aromatic heterocycles. The highest BCUT2D eigenvalue weighted by Crippen LogP contribution is 2.25. The molecule has 1 aromatic carbocycles. The molecule has 3 rings (SSSR count). The summed E-state index contributed by atoms with van der Waals surface area (Å²) in [4.78, 5) is 6.64. The number of likely N-dealkylation sites (tertiary alicyclic amines) is 1. The Labute approximate surface area is 145 Å². The van der Waals surface area contributed by atoms with Gasteiger partial charge < -0.3 is 15.5 Å². The maximum Gasteiger partial charge on any atom is 0.193 e. The van der Waals surface area contributed by atoms with Crippen LogP contribution in [0.5, 0.6) is 0 Å². The van der Waals surface area contributed by atoms with Crippen LogP contribution in [0.25, 0.3) is 0 Å². The summed E-state index contributed by atoms with van der Waals surface area (Å²) in [7, 11) is 0. The minimum atomic E-state index is -0.585. The van der Waals surface area contributed by atoms with Crippen LogP contribution in [0.15, 0.2) is 46.0 Å². The quantitative estimate of drug-likeness (QED) is 0.641. The molecular weight excluding hydrogens is 326 g/mol. The Kier molecular flexibility index (Phi) is 5.65. The second-order valence-electron chi connectivity index (χ2n) is 6.10. The van der Waals surface area contributed by atoms with Gasteiger partial charge in [-0.05, 0) is 50.2 Å². The maximum absolute atomic E-state index is 13.7. The first-order chi connectivity index (χ1) is 12.1. The number of aliphatic imine (C=N–C) groups is 1. The first-order valence-corrected chi connectivity index (χ1v) is 8.43. The number of nitrogens with two attached hydrogens (primary N) is 1. The summed E-state index contributed by atoms with van der Waals surface area (Å²) in [5, 5.41) is 2.62. The minimum absolute atomic E-state index is 0.0204. The number of hydrogen-bond donors (Lipinski definition) is 2. The fourth-order valence-electron chi connectivity index (χ4n) is 3.05. The summed E-state index contributed by atoms with van der Waals surface area (Å²) in [6.07, 6.45) is 5.15. The molecule has 2 aromatic rings. The normalized spacial score (nSPS) is 17.4. The van der Waals surface area contributed by atoms with E-state index in [4.69, 9.17) is 10.2 Å². The molecule has 7 heteroatoms. The topological polar surface area (TPSA) is 66.8 Å². The molecule has 0 amide bonds. The average molecular weight is 348 g/mol. The zero-order valence-electron chi connectivity index (χ0n) is 13.9. The van der Waals surface area contributed by atoms with Crippen molar-refractivity contribution in [3.8, 4) is 0 Å². The Morgan fingerprint density at radius 2 is 2.04 bits per heavy atom. The van der Waals surface area contributed by atoms with E-state index in [1.165, 1.54) is 6.42 Å². The van der Waals surface area contributed by atoms with E-state index in [9.17, 15) is 8.78 Å². The van der Waals surface area contributed by atoms with Gasteiger partial charge in [-0.25, -0.2) is 8.78 Å². The Bertz CT molecular complexity index is 712. The summed E-state index contributed by atoms with van der Waals surface area (Å²) in [5.74, 6) is -0.259. The number of nitrogens with zero attached hydrogens (tertiary/aromatic N) is 2. The van der Waals surface area contributed by atoms with Gasteiger partial charge >= 0.3 is 0 Å². The average Bonchev–Trinajstić information content (AvgIpc) is 3.14. The van der Waals surface area contributed by atoms with Crippen LogP contribution in [0.4, 0.5) is 14.5 Å². The van der Waals surface area contributed by atoms with Crippen molar-refractivity contribution in [2.45, 2.75) is 25.3 Å². The largest absolute Gasteiger partial charge is 0.468 e. The Hall–Kier alpha value is -2.41. The lowest BCUT2D eigenvalue weighted by molar-refractivity contribution is 0.150. The molecule has 134 valence electrons. The molecule has 1 aliphatic rings. The molecule has 1 saturated heterocycles. The van der Waals surface area contributed by atoms with E-state index in [0.29, 0.717) is 6.54 Å². The summed E-state index contributed by atoms with van der Waals surface area (Å²) >= 11 is 0. The molecule has 0 spiro atoms. The van der Waals surface area contributed by atoms with Gasteiger partial charge in [0.15, 0.2) is 5.96 Å². The summed E-state index contributed by atoms with van der Waals surface area (Å²) in [6.45, 7) is 2.34. The number of benzene rings is 1. The summed E-state index contributed by atoms with van der Waals surface area (Å²) < 4.78 is 32.5. The van der Waals surface area contributed by atoms with Gasteiger partial charge in [-0.2, -0.15) is 0 Å². The number of guanidine groups is 1. The lowest BCUT2D eigenvalue weighted by Crippen LogP contribution is -2.36. The van der Waals surface area contributed by atoms with Crippen molar-refractivity contribution < 1.29 is 13.2 Å². The summed E-state index contributed by atoms with van der Waals surface area (Å²) in [5.41, 5.74) is 5.82. The van der Waals surface area contributed by atoms with Crippen LogP contribution < -0.4 is 11.1 Å². The third-order valence-corrected chi connectivity index (χ3v) is 4.33. The van der Waals surface area contributed by atoms with E-state index in [1.807, 2.05) is 12.1 Å². The third kappa shape index (κ3) is 4.57. The SMILES string of the molecule is NC(=NCC(c1ccco1)N1CCCCC1)Nc1cc(F)ccc1F. The molecule has 1 aliphatic heterocycles. The highest BCUT2D eigenvalue weighted by atomic mass is 19.1. The highest BCUT2D eigenvalue weighted by Gasteiger charge is 2.24. The molecule has 3 N–H and O–H groups in total. The van der Waals surface area contributed by atoms with Crippen molar-refractivity contribution in [1.29, 1.82) is 0 Å². The van der Waals surface area contributed by atoms with Gasteiger partial charge in [0, 0.05) is 6.07 Å². The Balaban J connectivity index is 1.70. The van der Waals surface area contributed by atoms with Crippen molar-refractivity contribution in [3.05, 3.63) is 54.0 Å². The number of anilines is 1.